The van der Waals surface area contributed by atoms with Gasteiger partial charge in [0.2, 0.25) is 17.6 Å². The van der Waals surface area contributed by atoms with Crippen molar-refractivity contribution in [2.75, 3.05) is 12.4 Å². The molecule has 0 saturated heterocycles. The van der Waals surface area contributed by atoms with Gasteiger partial charge in [-0.3, -0.25) is 18.6 Å². The molecule has 0 radical (unpaired) electrons. The van der Waals surface area contributed by atoms with E-state index in [-0.39, 0.29) is 17.2 Å². The number of hydrogen-bond donors (Lipinski definition) is 1. The van der Waals surface area contributed by atoms with Crippen LogP contribution < -0.4 is 15.6 Å². The van der Waals surface area contributed by atoms with Crippen LogP contribution in [0.2, 0.25) is 0 Å². The summed E-state index contributed by atoms with van der Waals surface area (Å²) in [6.07, 6.45) is 3.29. The van der Waals surface area contributed by atoms with Gasteiger partial charge in [0, 0.05) is 25.4 Å². The summed E-state index contributed by atoms with van der Waals surface area (Å²) < 4.78 is 8.71. The van der Waals surface area contributed by atoms with Crippen molar-refractivity contribution in [3.8, 4) is 5.88 Å². The van der Waals surface area contributed by atoms with E-state index in [0.717, 1.165) is 5.56 Å². The Balaban J connectivity index is 1.52. The number of rotatable bonds is 9. The van der Waals surface area contributed by atoms with E-state index < -0.39 is 0 Å². The van der Waals surface area contributed by atoms with Crippen LogP contribution in [0.4, 0.5) is 0 Å². The molecule has 0 fully saturated rings. The van der Waals surface area contributed by atoms with Crippen molar-refractivity contribution in [3.63, 3.8) is 0 Å². The smallest absolute Gasteiger partial charge is 0.263 e. The largest absolute Gasteiger partial charge is 0.478 e. The Morgan fingerprint density at radius 2 is 2.12 bits per heavy atom. The van der Waals surface area contributed by atoms with Crippen LogP contribution in [0.15, 0.2) is 65.2 Å². The number of amides is 1. The lowest BCUT2D eigenvalue weighted by Gasteiger charge is -2.10. The summed E-state index contributed by atoms with van der Waals surface area (Å²) in [6.45, 7) is 6.82. The molecule has 0 spiro atoms. The van der Waals surface area contributed by atoms with Gasteiger partial charge in [-0.05, 0) is 30.7 Å². The van der Waals surface area contributed by atoms with E-state index in [4.69, 9.17) is 4.74 Å². The minimum Gasteiger partial charge on any atom is -0.478 e. The Morgan fingerprint density at radius 3 is 2.94 bits per heavy atom. The molecule has 164 valence electrons. The minimum absolute atomic E-state index is 0.148. The Morgan fingerprint density at radius 1 is 1.28 bits per heavy atom. The summed E-state index contributed by atoms with van der Waals surface area (Å²) in [5.74, 6) is 0.946. The van der Waals surface area contributed by atoms with Crippen LogP contribution in [0, 0.1) is 0 Å². The van der Waals surface area contributed by atoms with E-state index in [0.29, 0.717) is 47.4 Å². The molecule has 0 saturated carbocycles. The Kier molecular flexibility index (Phi) is 6.50. The second kappa shape index (κ2) is 9.65. The summed E-state index contributed by atoms with van der Waals surface area (Å²) >= 11 is 1.26. The predicted octanol–water partition coefficient (Wildman–Crippen LogP) is 2.43. The molecule has 0 aliphatic rings. The molecule has 0 unspecified atom stereocenters. The molecule has 1 aromatic carbocycles. The molecule has 0 aliphatic carbocycles. The van der Waals surface area contributed by atoms with Gasteiger partial charge in [0.15, 0.2) is 5.16 Å². The number of benzene rings is 1. The van der Waals surface area contributed by atoms with E-state index in [2.05, 4.69) is 27.1 Å². The molecule has 0 atom stereocenters. The molecule has 3 aromatic heterocycles. The lowest BCUT2D eigenvalue weighted by Crippen LogP contribution is -2.25. The number of thioether (sulfide) groups is 1. The topological polar surface area (TPSA) is 103 Å². The zero-order valence-electron chi connectivity index (χ0n) is 17.5. The third kappa shape index (κ3) is 4.35. The van der Waals surface area contributed by atoms with E-state index in [9.17, 15) is 9.59 Å². The van der Waals surface area contributed by atoms with Crippen LogP contribution in [0.1, 0.15) is 12.5 Å². The zero-order valence-corrected chi connectivity index (χ0v) is 18.3. The highest BCUT2D eigenvalue weighted by atomic mass is 32.2. The maximum absolute atomic E-state index is 12.8. The molecular weight excluding hydrogens is 428 g/mol. The molecule has 4 rings (SSSR count). The third-order valence-electron chi connectivity index (χ3n) is 4.70. The average Bonchev–Trinajstić information content (AvgIpc) is 3.23. The molecule has 4 aromatic rings. The molecule has 1 amide bonds. The molecule has 3 heterocycles. The molecule has 10 heteroatoms. The molecule has 0 aliphatic heterocycles. The van der Waals surface area contributed by atoms with E-state index in [1.54, 1.807) is 28.8 Å². The number of para-hydroxylation sites is 1. The van der Waals surface area contributed by atoms with Gasteiger partial charge in [-0.15, -0.1) is 16.8 Å². The fraction of sp³-hybridized carbons (Fsp3) is 0.227. The first kappa shape index (κ1) is 21.6. The summed E-state index contributed by atoms with van der Waals surface area (Å²) in [4.78, 5) is 29.4. The maximum atomic E-state index is 12.8. The molecule has 9 nitrogen and oxygen atoms in total. The van der Waals surface area contributed by atoms with Gasteiger partial charge in [0.1, 0.15) is 0 Å². The highest BCUT2D eigenvalue weighted by molar-refractivity contribution is 7.99. The van der Waals surface area contributed by atoms with E-state index in [1.807, 2.05) is 31.2 Å². The second-order valence-corrected chi connectivity index (χ2v) is 7.78. The first-order chi connectivity index (χ1) is 15.6. The van der Waals surface area contributed by atoms with Crippen LogP contribution in [-0.2, 0) is 17.9 Å². The van der Waals surface area contributed by atoms with Crippen molar-refractivity contribution >= 4 is 34.3 Å². The van der Waals surface area contributed by atoms with E-state index in [1.165, 1.54) is 16.3 Å². The standard InChI is InChI=1S/C22H22N6O3S/c1-3-11-27-20(30)16-7-5-6-8-17(16)28-21(27)25-26-22(28)32-14-18(29)24-13-15-9-10-23-19(12-15)31-4-2/h3,5-10,12H,1,4,11,13-14H2,2H3,(H,24,29). The Bertz CT molecular complexity index is 1350. The van der Waals surface area contributed by atoms with Crippen molar-refractivity contribution in [2.24, 2.45) is 0 Å². The van der Waals surface area contributed by atoms with Crippen LogP contribution in [-0.4, -0.2) is 42.4 Å². The molecule has 0 bridgehead atoms. The van der Waals surface area contributed by atoms with Gasteiger partial charge < -0.3 is 10.1 Å². The Hall–Kier alpha value is -3.66. The van der Waals surface area contributed by atoms with Gasteiger partial charge >= 0.3 is 0 Å². The predicted molar refractivity (Wildman–Crippen MR) is 123 cm³/mol. The molecular formula is C22H22N6O3S. The number of ether oxygens (including phenoxy) is 1. The number of hydrogen-bond acceptors (Lipinski definition) is 7. The van der Waals surface area contributed by atoms with Gasteiger partial charge in [0.05, 0.1) is 23.3 Å². The van der Waals surface area contributed by atoms with Gasteiger partial charge in [-0.25, -0.2) is 4.98 Å². The van der Waals surface area contributed by atoms with Gasteiger partial charge in [-0.1, -0.05) is 30.0 Å². The zero-order chi connectivity index (χ0) is 22.5. The second-order valence-electron chi connectivity index (χ2n) is 6.84. The van der Waals surface area contributed by atoms with Crippen molar-refractivity contribution in [2.45, 2.75) is 25.2 Å². The normalized spacial score (nSPS) is 11.0. The number of fused-ring (bicyclic) bond motifs is 3. The van der Waals surface area contributed by atoms with Crippen molar-refractivity contribution < 1.29 is 9.53 Å². The fourth-order valence-corrected chi connectivity index (χ4v) is 4.06. The average molecular weight is 451 g/mol. The van der Waals surface area contributed by atoms with E-state index >= 15 is 0 Å². The van der Waals surface area contributed by atoms with Crippen LogP contribution in [0.3, 0.4) is 0 Å². The highest BCUT2D eigenvalue weighted by Crippen LogP contribution is 2.21. The van der Waals surface area contributed by atoms with Gasteiger partial charge in [-0.2, -0.15) is 0 Å². The third-order valence-corrected chi connectivity index (χ3v) is 5.63. The number of pyridine rings is 1. The molecule has 32 heavy (non-hydrogen) atoms. The fourth-order valence-electron chi connectivity index (χ4n) is 3.29. The first-order valence-corrected chi connectivity index (χ1v) is 11.1. The van der Waals surface area contributed by atoms with Crippen molar-refractivity contribution in [3.05, 3.63) is 71.2 Å². The monoisotopic (exact) mass is 450 g/mol. The number of carbonyl (C=O) groups is 1. The maximum Gasteiger partial charge on any atom is 0.263 e. The highest BCUT2D eigenvalue weighted by Gasteiger charge is 2.17. The van der Waals surface area contributed by atoms with Gasteiger partial charge in [0.25, 0.3) is 5.56 Å². The summed E-state index contributed by atoms with van der Waals surface area (Å²) in [5.41, 5.74) is 1.44. The summed E-state index contributed by atoms with van der Waals surface area (Å²) in [7, 11) is 0. The van der Waals surface area contributed by atoms with Crippen LogP contribution in [0.25, 0.3) is 16.7 Å². The van der Waals surface area contributed by atoms with Crippen LogP contribution in [0.5, 0.6) is 5.88 Å². The quantitative estimate of drug-likeness (QED) is 0.309. The van der Waals surface area contributed by atoms with Crippen LogP contribution >= 0.6 is 11.8 Å². The minimum atomic E-state index is -0.154. The number of carbonyl (C=O) groups excluding carboxylic acids is 1. The lowest BCUT2D eigenvalue weighted by atomic mass is 10.2. The SMILES string of the molecule is C=CCn1c(=O)c2ccccc2n2c(SCC(=O)NCc3ccnc(OCC)c3)nnc12. The number of nitrogens with zero attached hydrogens (tertiary/aromatic N) is 5. The van der Waals surface area contributed by atoms with Crippen molar-refractivity contribution in [1.29, 1.82) is 0 Å². The molecule has 1 N–H and O–H groups in total. The summed E-state index contributed by atoms with van der Waals surface area (Å²) in [6, 6.07) is 10.9. The lowest BCUT2D eigenvalue weighted by molar-refractivity contribution is -0.118. The Labute approximate surface area is 188 Å². The number of allylic oxidation sites excluding steroid dienone is 1. The number of nitrogens with one attached hydrogen (secondary N) is 1. The van der Waals surface area contributed by atoms with Crippen molar-refractivity contribution in [1.82, 2.24) is 29.5 Å². The summed E-state index contributed by atoms with van der Waals surface area (Å²) in [5, 5.41) is 12.4. The number of aromatic nitrogens is 5. The first-order valence-electron chi connectivity index (χ1n) is 10.1.